The van der Waals surface area contributed by atoms with Gasteiger partial charge in [0.15, 0.2) is 5.78 Å². The maximum Gasteiger partial charge on any atom is 0.158 e. The zero-order chi connectivity index (χ0) is 6.69. The molecule has 1 atom stereocenters. The molecule has 1 fully saturated rings. The molecule has 1 N–H and O–H groups in total. The number of hydrogen-bond acceptors (Lipinski definition) is 3. The fraction of sp³-hybridized carbons (Fsp3) is 0.833. The van der Waals surface area contributed by atoms with Gasteiger partial charge in [-0.05, 0) is 0 Å². The van der Waals surface area contributed by atoms with Crippen LogP contribution in [0, 0.1) is 5.92 Å². The van der Waals surface area contributed by atoms with Gasteiger partial charge < -0.3 is 9.84 Å². The van der Waals surface area contributed by atoms with E-state index in [0.29, 0.717) is 13.0 Å². The number of Topliss-reactive ketones (excluding diaryl/α,β-unsaturated/α-hetero) is 1. The molecular weight excluding hydrogens is 120 g/mol. The third kappa shape index (κ3) is 1.77. The molecule has 1 saturated heterocycles. The van der Waals surface area contributed by atoms with E-state index in [0.717, 1.165) is 0 Å². The number of aliphatic hydroxyl groups excluding tert-OH is 1. The quantitative estimate of drug-likeness (QED) is 0.524. The van der Waals surface area contributed by atoms with Crippen molar-refractivity contribution in [2.45, 2.75) is 6.42 Å². The molecule has 0 unspecified atom stereocenters. The predicted octanol–water partition coefficient (Wildman–Crippen LogP) is -0.416. The molecule has 1 rings (SSSR count). The van der Waals surface area contributed by atoms with Crippen LogP contribution >= 0.6 is 0 Å². The number of carbonyl (C=O) groups is 1. The zero-order valence-electron chi connectivity index (χ0n) is 5.17. The van der Waals surface area contributed by atoms with Gasteiger partial charge in [0.1, 0.15) is 6.61 Å². The third-order valence-electron chi connectivity index (χ3n) is 1.39. The lowest BCUT2D eigenvalue weighted by atomic mass is 10.0. The average Bonchev–Trinajstić information content (AvgIpc) is 1.88. The maximum absolute atomic E-state index is 10.6. The second-order valence-corrected chi connectivity index (χ2v) is 2.31. The van der Waals surface area contributed by atoms with Gasteiger partial charge in [0.05, 0.1) is 6.61 Å². The van der Waals surface area contributed by atoms with E-state index in [1.807, 2.05) is 0 Å². The van der Waals surface area contributed by atoms with Crippen molar-refractivity contribution in [3.05, 3.63) is 0 Å². The predicted molar refractivity (Wildman–Crippen MR) is 31.0 cm³/mol. The Kier molecular flexibility index (Phi) is 2.19. The molecule has 3 nitrogen and oxygen atoms in total. The number of aliphatic hydroxyl groups is 1. The van der Waals surface area contributed by atoms with Crippen molar-refractivity contribution in [3.63, 3.8) is 0 Å². The second-order valence-electron chi connectivity index (χ2n) is 2.31. The lowest BCUT2D eigenvalue weighted by Crippen LogP contribution is -2.27. The summed E-state index contributed by atoms with van der Waals surface area (Å²) in [6.45, 7) is 0.824. The summed E-state index contributed by atoms with van der Waals surface area (Å²) in [6, 6.07) is 0. The summed E-state index contributed by atoms with van der Waals surface area (Å²) in [6.07, 6.45) is 0.483. The summed E-state index contributed by atoms with van der Waals surface area (Å²) in [5.74, 6) is 0.145. The Labute approximate surface area is 53.6 Å². The van der Waals surface area contributed by atoms with Gasteiger partial charge in [-0.2, -0.15) is 0 Å². The molecule has 0 amide bonds. The highest BCUT2D eigenvalue weighted by Gasteiger charge is 2.18. The molecule has 9 heavy (non-hydrogen) atoms. The van der Waals surface area contributed by atoms with Crippen LogP contribution in [0.5, 0.6) is 0 Å². The Balaban J connectivity index is 2.32. The topological polar surface area (TPSA) is 46.5 Å². The van der Waals surface area contributed by atoms with E-state index in [2.05, 4.69) is 0 Å². The molecule has 0 aromatic heterocycles. The second kappa shape index (κ2) is 2.94. The first-order valence-electron chi connectivity index (χ1n) is 3.03. The van der Waals surface area contributed by atoms with Gasteiger partial charge >= 0.3 is 0 Å². The lowest BCUT2D eigenvalue weighted by Gasteiger charge is -2.18. The number of ether oxygens (including phenoxy) is 1. The largest absolute Gasteiger partial charge is 0.396 e. The van der Waals surface area contributed by atoms with Crippen molar-refractivity contribution in [2.75, 3.05) is 19.8 Å². The summed E-state index contributed by atoms with van der Waals surface area (Å²) >= 11 is 0. The fourth-order valence-electron chi connectivity index (χ4n) is 0.897. The van der Waals surface area contributed by atoms with Crippen LogP contribution in [0.2, 0.25) is 0 Å². The molecule has 0 spiro atoms. The van der Waals surface area contributed by atoms with E-state index in [1.165, 1.54) is 0 Å². The van der Waals surface area contributed by atoms with E-state index < -0.39 is 0 Å². The molecule has 0 saturated carbocycles. The minimum absolute atomic E-state index is 0.0475. The molecule has 1 aliphatic rings. The van der Waals surface area contributed by atoms with Gasteiger partial charge in [-0.15, -0.1) is 0 Å². The summed E-state index contributed by atoms with van der Waals surface area (Å²) < 4.78 is 4.88. The highest BCUT2D eigenvalue weighted by Crippen LogP contribution is 2.08. The van der Waals surface area contributed by atoms with Crippen molar-refractivity contribution in [3.8, 4) is 0 Å². The molecule has 3 heteroatoms. The minimum atomic E-state index is 0.0475. The number of hydrogen-bond donors (Lipinski definition) is 1. The monoisotopic (exact) mass is 130 g/mol. The van der Waals surface area contributed by atoms with Crippen LogP contribution in [-0.4, -0.2) is 30.7 Å². The van der Waals surface area contributed by atoms with Crippen LogP contribution in [0.15, 0.2) is 0 Å². The summed E-state index contributed by atoms with van der Waals surface area (Å²) in [4.78, 5) is 10.6. The molecule has 0 radical (unpaired) electrons. The Morgan fingerprint density at radius 1 is 1.78 bits per heavy atom. The Bertz CT molecular complexity index is 111. The maximum atomic E-state index is 10.6. The fourth-order valence-corrected chi connectivity index (χ4v) is 0.897. The number of ketones is 1. The average molecular weight is 130 g/mol. The van der Waals surface area contributed by atoms with Gasteiger partial charge in [-0.25, -0.2) is 0 Å². The van der Waals surface area contributed by atoms with Crippen LogP contribution in [-0.2, 0) is 9.53 Å². The van der Waals surface area contributed by atoms with E-state index in [4.69, 9.17) is 9.84 Å². The van der Waals surface area contributed by atoms with Gasteiger partial charge in [0.2, 0.25) is 0 Å². The Morgan fingerprint density at radius 3 is 3.00 bits per heavy atom. The minimum Gasteiger partial charge on any atom is -0.396 e. The van der Waals surface area contributed by atoms with Crippen molar-refractivity contribution in [2.24, 2.45) is 5.92 Å². The molecule has 0 aromatic rings. The van der Waals surface area contributed by atoms with Crippen molar-refractivity contribution in [1.82, 2.24) is 0 Å². The smallest absolute Gasteiger partial charge is 0.158 e. The van der Waals surface area contributed by atoms with Crippen LogP contribution < -0.4 is 0 Å². The number of carbonyl (C=O) groups excluding carboxylic acids is 1. The SMILES string of the molecule is O=C1COC[C@@H](CO)C1. The molecular formula is C6H10O3. The van der Waals surface area contributed by atoms with E-state index >= 15 is 0 Å². The van der Waals surface area contributed by atoms with Gasteiger partial charge in [0, 0.05) is 18.9 Å². The zero-order valence-corrected chi connectivity index (χ0v) is 5.17. The molecule has 1 aliphatic heterocycles. The van der Waals surface area contributed by atoms with Crippen LogP contribution in [0.4, 0.5) is 0 Å². The van der Waals surface area contributed by atoms with Gasteiger partial charge in [-0.3, -0.25) is 4.79 Å². The molecule has 0 aromatic carbocycles. The number of rotatable bonds is 1. The molecule has 52 valence electrons. The van der Waals surface area contributed by atoms with Crippen molar-refractivity contribution >= 4 is 5.78 Å². The first kappa shape index (κ1) is 6.71. The molecule has 0 aliphatic carbocycles. The van der Waals surface area contributed by atoms with E-state index in [9.17, 15) is 4.79 Å². The van der Waals surface area contributed by atoms with Crippen molar-refractivity contribution < 1.29 is 14.6 Å². The molecule has 1 heterocycles. The van der Waals surface area contributed by atoms with Crippen LogP contribution in [0.3, 0.4) is 0 Å². The summed E-state index contributed by atoms with van der Waals surface area (Å²) in [5.41, 5.74) is 0. The first-order valence-corrected chi connectivity index (χ1v) is 3.03. The third-order valence-corrected chi connectivity index (χ3v) is 1.39. The lowest BCUT2D eigenvalue weighted by molar-refractivity contribution is -0.130. The van der Waals surface area contributed by atoms with Crippen LogP contribution in [0.25, 0.3) is 0 Å². The standard InChI is InChI=1S/C6H10O3/c7-2-5-1-6(8)4-9-3-5/h5,7H,1-4H2/t5-/m1/s1. The Morgan fingerprint density at radius 2 is 2.56 bits per heavy atom. The van der Waals surface area contributed by atoms with E-state index in [-0.39, 0.29) is 24.9 Å². The van der Waals surface area contributed by atoms with Crippen molar-refractivity contribution in [1.29, 1.82) is 0 Å². The molecule has 0 bridgehead atoms. The first-order chi connectivity index (χ1) is 4.33. The highest BCUT2D eigenvalue weighted by molar-refractivity contribution is 5.80. The summed E-state index contributed by atoms with van der Waals surface area (Å²) in [5, 5.41) is 8.58. The van der Waals surface area contributed by atoms with E-state index in [1.54, 1.807) is 0 Å². The normalized spacial score (nSPS) is 28.6. The van der Waals surface area contributed by atoms with Crippen LogP contribution in [0.1, 0.15) is 6.42 Å². The van der Waals surface area contributed by atoms with Gasteiger partial charge in [-0.1, -0.05) is 0 Å². The highest BCUT2D eigenvalue weighted by atomic mass is 16.5. The Hall–Kier alpha value is -0.410. The van der Waals surface area contributed by atoms with Gasteiger partial charge in [0.25, 0.3) is 0 Å². The summed E-state index contributed by atoms with van der Waals surface area (Å²) in [7, 11) is 0.